The molecule has 0 saturated carbocycles. The largest absolute Gasteiger partial charge is 0.379 e. The number of benzene rings is 3. The number of ether oxygens (including phenoxy) is 1. The van der Waals surface area contributed by atoms with Gasteiger partial charge < -0.3 is 9.64 Å². The molecular weight excluding hydrogens is 533 g/mol. The lowest BCUT2D eigenvalue weighted by molar-refractivity contribution is -0.117. The molecule has 8 nitrogen and oxygen atoms in total. The van der Waals surface area contributed by atoms with Crippen molar-refractivity contribution < 1.29 is 18.7 Å². The molecular formula is C30H29ClFN5O3. The van der Waals surface area contributed by atoms with Crippen LogP contribution in [0.15, 0.2) is 85.1 Å². The van der Waals surface area contributed by atoms with Crippen molar-refractivity contribution >= 4 is 29.4 Å². The van der Waals surface area contributed by atoms with Crippen LogP contribution in [0, 0.1) is 5.82 Å². The van der Waals surface area contributed by atoms with Crippen molar-refractivity contribution in [3.05, 3.63) is 101 Å². The van der Waals surface area contributed by atoms with Gasteiger partial charge in [-0.1, -0.05) is 54.1 Å². The molecule has 10 heteroatoms. The number of hydrogen-bond acceptors (Lipinski definition) is 5. The number of hydrogen-bond donors (Lipinski definition) is 1. The molecule has 0 atom stereocenters. The van der Waals surface area contributed by atoms with E-state index in [1.54, 1.807) is 47.2 Å². The molecule has 0 radical (unpaired) electrons. The number of morpholine rings is 1. The summed E-state index contributed by atoms with van der Waals surface area (Å²) in [7, 11) is 0. The smallest absolute Gasteiger partial charge is 0.255 e. The zero-order valence-corrected chi connectivity index (χ0v) is 22.6. The maximum Gasteiger partial charge on any atom is 0.255 e. The monoisotopic (exact) mass is 561 g/mol. The molecule has 1 aliphatic rings. The Bertz CT molecular complexity index is 1460. The first kappa shape index (κ1) is 27.5. The lowest BCUT2D eigenvalue weighted by Gasteiger charge is -2.30. The quantitative estimate of drug-likeness (QED) is 0.319. The summed E-state index contributed by atoms with van der Waals surface area (Å²) in [6.45, 7) is 3.51. The van der Waals surface area contributed by atoms with Gasteiger partial charge in [-0.3, -0.25) is 24.4 Å². The number of aromatic nitrogens is 2. The molecule has 0 spiro atoms. The Morgan fingerprint density at radius 3 is 2.40 bits per heavy atom. The maximum atomic E-state index is 13.6. The second-order valence-corrected chi connectivity index (χ2v) is 9.78. The van der Waals surface area contributed by atoms with E-state index >= 15 is 0 Å². The van der Waals surface area contributed by atoms with Gasteiger partial charge in [0.1, 0.15) is 12.4 Å². The molecule has 1 fully saturated rings. The van der Waals surface area contributed by atoms with E-state index in [0.717, 1.165) is 18.7 Å². The highest BCUT2D eigenvalue weighted by molar-refractivity contribution is 6.33. The van der Waals surface area contributed by atoms with E-state index in [-0.39, 0.29) is 24.2 Å². The fourth-order valence-corrected chi connectivity index (χ4v) is 4.71. The zero-order valence-electron chi connectivity index (χ0n) is 21.8. The minimum Gasteiger partial charge on any atom is -0.379 e. The average molecular weight is 562 g/mol. The Morgan fingerprint density at radius 1 is 0.975 bits per heavy atom. The maximum absolute atomic E-state index is 13.6. The van der Waals surface area contributed by atoms with Crippen LogP contribution in [-0.2, 0) is 9.53 Å². The summed E-state index contributed by atoms with van der Waals surface area (Å²) >= 11 is 6.32. The van der Waals surface area contributed by atoms with Gasteiger partial charge in [-0.25, -0.2) is 9.37 Å². The van der Waals surface area contributed by atoms with Gasteiger partial charge in [0.25, 0.3) is 5.91 Å². The minimum absolute atomic E-state index is 0.203. The minimum atomic E-state index is -0.420. The van der Waals surface area contributed by atoms with Crippen LogP contribution in [0.2, 0.25) is 5.02 Å². The van der Waals surface area contributed by atoms with Gasteiger partial charge in [-0.05, 0) is 36.4 Å². The predicted octanol–water partition coefficient (Wildman–Crippen LogP) is 4.74. The van der Waals surface area contributed by atoms with E-state index in [1.807, 2.05) is 30.3 Å². The van der Waals surface area contributed by atoms with Gasteiger partial charge in [0.15, 0.2) is 0 Å². The van der Waals surface area contributed by atoms with E-state index < -0.39 is 5.91 Å². The average Bonchev–Trinajstić information content (AvgIpc) is 3.40. The molecule has 40 heavy (non-hydrogen) atoms. The molecule has 4 aromatic rings. The highest BCUT2D eigenvalue weighted by atomic mass is 35.5. The first-order chi connectivity index (χ1) is 19.5. The van der Waals surface area contributed by atoms with E-state index in [1.165, 1.54) is 17.0 Å². The highest BCUT2D eigenvalue weighted by Gasteiger charge is 2.23. The van der Waals surface area contributed by atoms with Crippen molar-refractivity contribution in [2.24, 2.45) is 0 Å². The second-order valence-electron chi connectivity index (χ2n) is 9.37. The summed E-state index contributed by atoms with van der Waals surface area (Å²) in [6, 6.07) is 22.2. The zero-order chi connectivity index (χ0) is 27.9. The van der Waals surface area contributed by atoms with Crippen LogP contribution >= 0.6 is 11.6 Å². The van der Waals surface area contributed by atoms with Crippen LogP contribution in [0.5, 0.6) is 0 Å². The highest BCUT2D eigenvalue weighted by Crippen LogP contribution is 2.25. The summed E-state index contributed by atoms with van der Waals surface area (Å²) in [4.78, 5) is 35.2. The van der Waals surface area contributed by atoms with Crippen LogP contribution < -0.4 is 5.32 Å². The van der Waals surface area contributed by atoms with E-state index in [0.29, 0.717) is 48.3 Å². The molecule has 5 rings (SSSR count). The number of rotatable bonds is 9. The number of imidazole rings is 1. The van der Waals surface area contributed by atoms with Gasteiger partial charge >= 0.3 is 0 Å². The number of nitrogens with zero attached hydrogens (tertiary/aromatic N) is 4. The van der Waals surface area contributed by atoms with Crippen LogP contribution in [0.3, 0.4) is 0 Å². The number of carbonyl (C=O) groups is 2. The van der Waals surface area contributed by atoms with E-state index in [2.05, 4.69) is 15.2 Å². The summed E-state index contributed by atoms with van der Waals surface area (Å²) in [5.41, 5.74) is 2.46. The molecule has 1 N–H and O–H groups in total. The van der Waals surface area contributed by atoms with Gasteiger partial charge in [-0.2, -0.15) is 0 Å². The van der Waals surface area contributed by atoms with Crippen molar-refractivity contribution in [3.8, 4) is 16.9 Å². The summed E-state index contributed by atoms with van der Waals surface area (Å²) in [6.07, 6.45) is 1.78. The number of halogens is 2. The summed E-state index contributed by atoms with van der Waals surface area (Å²) in [5.74, 6) is -0.864. The third kappa shape index (κ3) is 6.74. The fraction of sp³-hybridized carbons (Fsp3) is 0.233. The van der Waals surface area contributed by atoms with Crippen LogP contribution in [0.25, 0.3) is 16.9 Å². The Labute approximate surface area is 236 Å². The molecule has 0 aliphatic carbocycles. The molecule has 2 heterocycles. The molecule has 206 valence electrons. The van der Waals surface area contributed by atoms with Crippen molar-refractivity contribution in [2.45, 2.75) is 0 Å². The third-order valence-electron chi connectivity index (χ3n) is 6.65. The van der Waals surface area contributed by atoms with Gasteiger partial charge in [0.05, 0.1) is 29.5 Å². The first-order valence-electron chi connectivity index (χ1n) is 13.0. The molecule has 0 bridgehead atoms. The number of nitrogens with one attached hydrogen (secondary N) is 1. The van der Waals surface area contributed by atoms with Crippen molar-refractivity contribution in [1.82, 2.24) is 19.4 Å². The first-order valence-corrected chi connectivity index (χ1v) is 13.4. The number of carbonyl (C=O) groups excluding carboxylic acids is 2. The predicted molar refractivity (Wildman–Crippen MR) is 152 cm³/mol. The van der Waals surface area contributed by atoms with Crippen LogP contribution in [0.1, 0.15) is 10.4 Å². The van der Waals surface area contributed by atoms with Crippen LogP contribution in [0.4, 0.5) is 10.3 Å². The van der Waals surface area contributed by atoms with E-state index in [9.17, 15) is 14.0 Å². The lowest BCUT2D eigenvalue weighted by atomic mass is 10.2. The van der Waals surface area contributed by atoms with E-state index in [4.69, 9.17) is 16.3 Å². The van der Waals surface area contributed by atoms with Gasteiger partial charge in [0.2, 0.25) is 11.9 Å². The van der Waals surface area contributed by atoms with Crippen molar-refractivity contribution in [3.63, 3.8) is 0 Å². The molecule has 2 amide bonds. The summed E-state index contributed by atoms with van der Waals surface area (Å²) in [5, 5.41) is 3.18. The molecule has 1 aliphatic heterocycles. The Morgan fingerprint density at radius 2 is 1.68 bits per heavy atom. The normalized spacial score (nSPS) is 13.7. The summed E-state index contributed by atoms with van der Waals surface area (Å²) < 4.78 is 20.7. The SMILES string of the molecule is O=C(CN(CCN1CCOCC1)C(=O)c1ccccc1Cl)Nc1nc(-c2ccccc2)cn1-c1ccc(F)cc1. The van der Waals surface area contributed by atoms with Crippen molar-refractivity contribution in [2.75, 3.05) is 51.3 Å². The Hall–Kier alpha value is -4.05. The molecule has 0 unspecified atom stereocenters. The van der Waals surface area contributed by atoms with Crippen LogP contribution in [-0.4, -0.2) is 77.1 Å². The van der Waals surface area contributed by atoms with Gasteiger partial charge in [-0.15, -0.1) is 0 Å². The standard InChI is InChI=1S/C30H29ClFN5O3/c31-26-9-5-4-8-25(26)29(39)36(15-14-35-16-18-40-19-17-35)21-28(38)34-30-33-27(22-6-2-1-3-7-22)20-37(30)24-12-10-23(32)11-13-24/h1-13,20H,14-19,21H2,(H,33,34,38). The Balaban J connectivity index is 1.39. The fourth-order valence-electron chi connectivity index (χ4n) is 4.50. The third-order valence-corrected chi connectivity index (χ3v) is 6.98. The van der Waals surface area contributed by atoms with Gasteiger partial charge in [0, 0.05) is 43.6 Å². The lowest BCUT2D eigenvalue weighted by Crippen LogP contribution is -2.45. The van der Waals surface area contributed by atoms with Crippen molar-refractivity contribution in [1.29, 1.82) is 0 Å². The Kier molecular flexibility index (Phi) is 8.85. The molecule has 1 saturated heterocycles. The number of amides is 2. The molecule has 3 aromatic carbocycles. The topological polar surface area (TPSA) is 79.7 Å². The number of anilines is 1. The second kappa shape index (κ2) is 12.9. The molecule has 1 aromatic heterocycles.